The Morgan fingerprint density at radius 3 is 2.56 bits per heavy atom. The minimum atomic E-state index is -2.99. The van der Waals surface area contributed by atoms with E-state index in [2.05, 4.69) is 14.7 Å². The van der Waals surface area contributed by atoms with Crippen LogP contribution in [-0.2, 0) is 4.74 Å². The Bertz CT molecular complexity index is 1440. The van der Waals surface area contributed by atoms with Gasteiger partial charge in [0.1, 0.15) is 15.3 Å². The van der Waals surface area contributed by atoms with E-state index in [4.69, 9.17) is 14.6 Å². The molecule has 0 spiro atoms. The van der Waals surface area contributed by atoms with Crippen LogP contribution in [0.3, 0.4) is 0 Å². The molecule has 2 aromatic carbocycles. The molecule has 0 aliphatic heterocycles. The highest BCUT2D eigenvalue weighted by molar-refractivity contribution is 7.22. The number of hydrogen-bond acceptors (Lipinski definition) is 8. The van der Waals surface area contributed by atoms with E-state index in [0.29, 0.717) is 32.9 Å². The van der Waals surface area contributed by atoms with Crippen molar-refractivity contribution in [2.45, 2.75) is 53.8 Å². The predicted octanol–water partition coefficient (Wildman–Crippen LogP) is 6.68. The molecular formula is C25H26F2N4O4S. The molecule has 0 aliphatic carbocycles. The molecule has 11 heteroatoms. The zero-order valence-electron chi connectivity index (χ0n) is 20.8. The molecule has 0 N–H and O–H groups in total. The smallest absolute Gasteiger partial charge is 0.442 e. The van der Waals surface area contributed by atoms with Gasteiger partial charge in [-0.3, -0.25) is 0 Å². The molecule has 2 heterocycles. The number of alkyl halides is 2. The second-order valence-corrected chi connectivity index (χ2v) is 10.1. The average Bonchev–Trinajstić information content (AvgIpc) is 3.22. The molecular weight excluding hydrogens is 490 g/mol. The molecule has 1 amide bonds. The quantitative estimate of drug-likeness (QED) is 0.264. The highest BCUT2D eigenvalue weighted by atomic mass is 32.1. The molecule has 36 heavy (non-hydrogen) atoms. The number of aromatic nitrogens is 3. The first-order valence-electron chi connectivity index (χ1n) is 11.3. The van der Waals surface area contributed by atoms with E-state index >= 15 is 0 Å². The van der Waals surface area contributed by atoms with Crippen molar-refractivity contribution >= 4 is 38.7 Å². The normalized spacial score (nSPS) is 11.8. The van der Waals surface area contributed by atoms with Gasteiger partial charge in [-0.2, -0.15) is 8.78 Å². The number of amides is 1. The zero-order chi connectivity index (χ0) is 26.2. The molecule has 0 saturated carbocycles. The van der Waals surface area contributed by atoms with Crippen LogP contribution in [0.1, 0.15) is 38.8 Å². The van der Waals surface area contributed by atoms with Crippen LogP contribution in [0.4, 0.5) is 13.6 Å². The minimum Gasteiger partial charge on any atom is -0.442 e. The largest absolute Gasteiger partial charge is 0.443 e. The molecule has 0 bridgehead atoms. The Hall–Kier alpha value is -3.60. The summed E-state index contributed by atoms with van der Waals surface area (Å²) in [6.07, 6.45) is 0.575. The summed E-state index contributed by atoms with van der Waals surface area (Å²) in [4.78, 5) is 31.9. The topological polar surface area (TPSA) is 86.7 Å². The Balaban J connectivity index is 1.77. The van der Waals surface area contributed by atoms with E-state index in [1.54, 1.807) is 39.8 Å². The molecule has 8 nitrogen and oxygen atoms in total. The minimum absolute atomic E-state index is 0.258. The molecule has 0 fully saturated rings. The summed E-state index contributed by atoms with van der Waals surface area (Å²) >= 11 is 1.37. The molecule has 190 valence electrons. The van der Waals surface area contributed by atoms with Crippen molar-refractivity contribution < 1.29 is 27.9 Å². The summed E-state index contributed by atoms with van der Waals surface area (Å²) in [5.41, 5.74) is 3.45. The summed E-state index contributed by atoms with van der Waals surface area (Å²) in [5.74, 6) is 0.203. The van der Waals surface area contributed by atoms with Crippen LogP contribution >= 0.6 is 11.3 Å². The maximum Gasteiger partial charge on any atom is 0.443 e. The predicted molar refractivity (Wildman–Crippen MR) is 133 cm³/mol. The third kappa shape index (κ3) is 5.46. The summed E-state index contributed by atoms with van der Waals surface area (Å²) in [6, 6.07) is 7.31. The molecule has 2 aromatic heterocycles. The summed E-state index contributed by atoms with van der Waals surface area (Å²) < 4.78 is 35.9. The molecule has 0 radical (unpaired) electrons. The molecule has 0 saturated heterocycles. The SMILES string of the molecule is CCN(Oc1ccc(C)c2nc(-c3cc(C)cc4nc(OC(F)F)cnc34)sc12)C(=O)OC(C)(C)C. The van der Waals surface area contributed by atoms with Crippen LogP contribution in [-0.4, -0.2) is 44.9 Å². The van der Waals surface area contributed by atoms with Crippen molar-refractivity contribution in [2.75, 3.05) is 6.54 Å². The van der Waals surface area contributed by atoms with E-state index in [0.717, 1.165) is 20.9 Å². The van der Waals surface area contributed by atoms with Gasteiger partial charge in [0.25, 0.3) is 0 Å². The number of thiazole rings is 1. The molecule has 0 aliphatic rings. The number of aryl methyl sites for hydroxylation is 2. The molecule has 4 aromatic rings. The molecule has 0 atom stereocenters. The van der Waals surface area contributed by atoms with Gasteiger partial charge >= 0.3 is 12.7 Å². The van der Waals surface area contributed by atoms with Gasteiger partial charge in [-0.1, -0.05) is 6.07 Å². The van der Waals surface area contributed by atoms with E-state index in [-0.39, 0.29) is 12.4 Å². The van der Waals surface area contributed by atoms with Crippen molar-refractivity contribution in [3.63, 3.8) is 0 Å². The van der Waals surface area contributed by atoms with E-state index in [9.17, 15) is 13.6 Å². The Labute approximate surface area is 210 Å². The Kier molecular flexibility index (Phi) is 6.94. The highest BCUT2D eigenvalue weighted by Crippen LogP contribution is 2.40. The van der Waals surface area contributed by atoms with Gasteiger partial charge in [0.15, 0.2) is 5.75 Å². The number of fused-ring (bicyclic) bond motifs is 2. The van der Waals surface area contributed by atoms with Crippen LogP contribution in [0.15, 0.2) is 30.5 Å². The van der Waals surface area contributed by atoms with Crippen LogP contribution in [0.25, 0.3) is 31.8 Å². The maximum atomic E-state index is 12.6. The van der Waals surface area contributed by atoms with Crippen LogP contribution in [0, 0.1) is 13.8 Å². The second kappa shape index (κ2) is 9.81. The Morgan fingerprint density at radius 1 is 1.14 bits per heavy atom. The zero-order valence-corrected chi connectivity index (χ0v) is 21.6. The van der Waals surface area contributed by atoms with Crippen molar-refractivity contribution in [1.82, 2.24) is 20.0 Å². The fourth-order valence-electron chi connectivity index (χ4n) is 3.52. The lowest BCUT2D eigenvalue weighted by Crippen LogP contribution is -2.38. The number of carbonyl (C=O) groups is 1. The van der Waals surface area contributed by atoms with Crippen LogP contribution in [0.2, 0.25) is 0 Å². The van der Waals surface area contributed by atoms with Gasteiger partial charge in [0.2, 0.25) is 5.88 Å². The van der Waals surface area contributed by atoms with Gasteiger partial charge in [-0.15, -0.1) is 16.4 Å². The fraction of sp³-hybridized carbons (Fsp3) is 0.360. The number of carbonyl (C=O) groups excluding carboxylic acids is 1. The van der Waals surface area contributed by atoms with Gasteiger partial charge in [0, 0.05) is 5.56 Å². The number of halogens is 2. The summed E-state index contributed by atoms with van der Waals surface area (Å²) in [6.45, 7) is 8.24. The van der Waals surface area contributed by atoms with Crippen LogP contribution in [0.5, 0.6) is 11.6 Å². The first-order chi connectivity index (χ1) is 16.9. The number of rotatable bonds is 6. The van der Waals surface area contributed by atoms with Crippen molar-refractivity contribution in [1.29, 1.82) is 0 Å². The van der Waals surface area contributed by atoms with Gasteiger partial charge in [-0.05, 0) is 70.9 Å². The average molecular weight is 517 g/mol. The van der Waals surface area contributed by atoms with Crippen molar-refractivity contribution in [3.05, 3.63) is 41.6 Å². The number of hydroxylamine groups is 2. The lowest BCUT2D eigenvalue weighted by Gasteiger charge is -2.26. The number of benzene rings is 2. The maximum absolute atomic E-state index is 12.6. The third-order valence-electron chi connectivity index (χ3n) is 5.01. The van der Waals surface area contributed by atoms with Crippen LogP contribution < -0.4 is 9.57 Å². The lowest BCUT2D eigenvalue weighted by atomic mass is 10.1. The highest BCUT2D eigenvalue weighted by Gasteiger charge is 2.24. The van der Waals surface area contributed by atoms with Crippen molar-refractivity contribution in [2.24, 2.45) is 0 Å². The van der Waals surface area contributed by atoms with Gasteiger partial charge in [0.05, 0.1) is 29.3 Å². The second-order valence-electron chi connectivity index (χ2n) is 9.11. The lowest BCUT2D eigenvalue weighted by molar-refractivity contribution is -0.0684. The Morgan fingerprint density at radius 2 is 1.89 bits per heavy atom. The van der Waals surface area contributed by atoms with Crippen molar-refractivity contribution in [3.8, 4) is 22.2 Å². The fourth-order valence-corrected chi connectivity index (χ4v) is 4.62. The summed E-state index contributed by atoms with van der Waals surface area (Å²) in [7, 11) is 0. The number of hydrogen-bond donors (Lipinski definition) is 0. The van der Waals surface area contributed by atoms with E-state index in [1.165, 1.54) is 17.5 Å². The van der Waals surface area contributed by atoms with Gasteiger partial charge < -0.3 is 14.3 Å². The third-order valence-corrected chi connectivity index (χ3v) is 6.11. The van der Waals surface area contributed by atoms with E-state index < -0.39 is 18.3 Å². The number of nitrogens with zero attached hydrogens (tertiary/aromatic N) is 4. The number of ether oxygens (including phenoxy) is 2. The standard InChI is InChI=1S/C25H26F2N4O4S/c1-7-31(24(32)34-25(4,5)6)35-17-9-8-14(3)19-21(17)36-22(30-19)15-10-13(2)11-16-20(15)28-12-18(29-16)33-23(26)27/h8-12,23H,7H2,1-6H3. The summed E-state index contributed by atoms with van der Waals surface area (Å²) in [5, 5.41) is 1.81. The van der Waals surface area contributed by atoms with E-state index in [1.807, 2.05) is 26.0 Å². The first kappa shape index (κ1) is 25.5. The first-order valence-corrected chi connectivity index (χ1v) is 12.1. The molecule has 0 unspecified atom stereocenters. The van der Waals surface area contributed by atoms with Gasteiger partial charge in [-0.25, -0.2) is 19.7 Å². The monoisotopic (exact) mass is 516 g/mol. The molecule has 4 rings (SSSR count).